The molecule has 0 radical (unpaired) electrons. The van der Waals surface area contributed by atoms with Crippen LogP contribution in [0.1, 0.15) is 51.4 Å². The van der Waals surface area contributed by atoms with Crippen LogP contribution in [0, 0.1) is 5.92 Å². The lowest BCUT2D eigenvalue weighted by molar-refractivity contribution is -0.123. The molecule has 0 aromatic heterocycles. The number of piperidine rings is 1. The first-order valence-electron chi connectivity index (χ1n) is 7.37. The number of rotatable bonds is 5. The quantitative estimate of drug-likeness (QED) is 0.690. The number of hydrogen-bond donors (Lipinski definition) is 3. The van der Waals surface area contributed by atoms with Gasteiger partial charge in [0.05, 0.1) is 12.1 Å². The molecule has 1 heterocycles. The molecule has 0 unspecified atom stereocenters. The van der Waals surface area contributed by atoms with Crippen molar-refractivity contribution in [2.45, 2.75) is 56.9 Å². The molecule has 4 heteroatoms. The summed E-state index contributed by atoms with van der Waals surface area (Å²) in [6.07, 6.45) is 8.10. The van der Waals surface area contributed by atoms with Crippen LogP contribution in [-0.4, -0.2) is 36.2 Å². The summed E-state index contributed by atoms with van der Waals surface area (Å²) in [4.78, 5) is 12.0. The fraction of sp³-hybridized carbons (Fsp3) is 0.929. The molecule has 104 valence electrons. The predicted molar refractivity (Wildman–Crippen MR) is 71.3 cm³/mol. The van der Waals surface area contributed by atoms with Crippen molar-refractivity contribution in [3.05, 3.63) is 0 Å². The number of nitrogens with one attached hydrogen (secondary N) is 2. The van der Waals surface area contributed by atoms with Crippen molar-refractivity contribution in [1.29, 1.82) is 0 Å². The molecule has 1 aliphatic heterocycles. The van der Waals surface area contributed by atoms with Crippen molar-refractivity contribution in [3.63, 3.8) is 0 Å². The molecule has 0 spiro atoms. The molecule has 1 saturated heterocycles. The van der Waals surface area contributed by atoms with E-state index >= 15 is 0 Å². The normalized spacial score (nSPS) is 24.1. The first-order valence-corrected chi connectivity index (χ1v) is 7.37. The molecular formula is C14H26N2O2. The van der Waals surface area contributed by atoms with Gasteiger partial charge < -0.3 is 15.7 Å². The lowest BCUT2D eigenvalue weighted by Crippen LogP contribution is -2.49. The van der Waals surface area contributed by atoms with Gasteiger partial charge in [-0.2, -0.15) is 0 Å². The zero-order valence-electron chi connectivity index (χ0n) is 11.2. The molecule has 0 aromatic rings. The Balaban J connectivity index is 1.70. The molecule has 3 N–H and O–H groups in total. The number of carbonyl (C=O) groups is 1. The van der Waals surface area contributed by atoms with Crippen LogP contribution >= 0.6 is 0 Å². The highest BCUT2D eigenvalue weighted by molar-refractivity contribution is 5.76. The second-order valence-electron chi connectivity index (χ2n) is 5.93. The van der Waals surface area contributed by atoms with Crippen molar-refractivity contribution >= 4 is 5.91 Å². The third-order valence-electron chi connectivity index (χ3n) is 4.51. The van der Waals surface area contributed by atoms with Gasteiger partial charge in [0.2, 0.25) is 5.91 Å². The minimum absolute atomic E-state index is 0.0894. The van der Waals surface area contributed by atoms with Crippen molar-refractivity contribution in [1.82, 2.24) is 10.6 Å². The van der Waals surface area contributed by atoms with E-state index in [9.17, 15) is 9.90 Å². The van der Waals surface area contributed by atoms with Crippen molar-refractivity contribution in [2.24, 2.45) is 5.92 Å². The molecule has 1 amide bonds. The van der Waals surface area contributed by atoms with Gasteiger partial charge in [-0.3, -0.25) is 4.79 Å². The van der Waals surface area contributed by atoms with E-state index in [-0.39, 0.29) is 18.1 Å². The van der Waals surface area contributed by atoms with Gasteiger partial charge in [-0.25, -0.2) is 0 Å². The molecule has 2 fully saturated rings. The minimum Gasteiger partial charge on any atom is -0.394 e. The summed E-state index contributed by atoms with van der Waals surface area (Å²) in [5.41, 5.74) is -0.300. The monoisotopic (exact) mass is 254 g/mol. The van der Waals surface area contributed by atoms with Crippen LogP contribution in [0.15, 0.2) is 0 Å². The van der Waals surface area contributed by atoms with Gasteiger partial charge in [0.15, 0.2) is 0 Å². The van der Waals surface area contributed by atoms with E-state index in [1.807, 2.05) is 0 Å². The maximum Gasteiger partial charge on any atom is 0.220 e. The molecular weight excluding hydrogens is 228 g/mol. The summed E-state index contributed by atoms with van der Waals surface area (Å²) >= 11 is 0. The summed E-state index contributed by atoms with van der Waals surface area (Å²) in [5.74, 6) is 0.829. The summed E-state index contributed by atoms with van der Waals surface area (Å²) < 4.78 is 0. The van der Waals surface area contributed by atoms with Crippen molar-refractivity contribution < 1.29 is 9.90 Å². The second-order valence-corrected chi connectivity index (χ2v) is 5.93. The third-order valence-corrected chi connectivity index (χ3v) is 4.51. The number of aliphatic hydroxyl groups excluding tert-OH is 1. The molecule has 0 aromatic carbocycles. The molecule has 0 bridgehead atoms. The number of hydrogen-bond acceptors (Lipinski definition) is 3. The van der Waals surface area contributed by atoms with E-state index in [1.165, 1.54) is 12.8 Å². The van der Waals surface area contributed by atoms with E-state index in [0.29, 0.717) is 12.3 Å². The van der Waals surface area contributed by atoms with Crippen LogP contribution < -0.4 is 10.6 Å². The maximum absolute atomic E-state index is 12.0. The summed E-state index contributed by atoms with van der Waals surface area (Å²) in [6, 6.07) is 0. The van der Waals surface area contributed by atoms with E-state index < -0.39 is 0 Å². The lowest BCUT2D eigenvalue weighted by atomic mass is 9.92. The van der Waals surface area contributed by atoms with Crippen LogP contribution in [0.2, 0.25) is 0 Å². The molecule has 1 aliphatic carbocycles. The second kappa shape index (κ2) is 6.53. The van der Waals surface area contributed by atoms with Gasteiger partial charge in [-0.15, -0.1) is 0 Å². The van der Waals surface area contributed by atoms with E-state index in [0.717, 1.165) is 45.2 Å². The van der Waals surface area contributed by atoms with Gasteiger partial charge in [0, 0.05) is 6.42 Å². The van der Waals surface area contributed by atoms with E-state index in [1.54, 1.807) is 0 Å². The molecule has 2 aliphatic rings. The Labute approximate surface area is 110 Å². The van der Waals surface area contributed by atoms with Gasteiger partial charge in [-0.05, 0) is 51.1 Å². The average Bonchev–Trinajstić information content (AvgIpc) is 2.87. The Bertz CT molecular complexity index is 269. The van der Waals surface area contributed by atoms with E-state index in [2.05, 4.69) is 10.6 Å². The van der Waals surface area contributed by atoms with Crippen LogP contribution in [0.3, 0.4) is 0 Å². The molecule has 1 saturated carbocycles. The number of carbonyl (C=O) groups excluding carboxylic acids is 1. The average molecular weight is 254 g/mol. The fourth-order valence-electron chi connectivity index (χ4n) is 3.24. The predicted octanol–water partition coefficient (Wildman–Crippen LogP) is 1.19. The smallest absolute Gasteiger partial charge is 0.220 e. The standard InChI is InChI=1S/C14H26N2O2/c17-11-14(7-1-2-8-14)16-13(18)4-3-12-5-9-15-10-6-12/h12,15,17H,1-11H2,(H,16,18). The Hall–Kier alpha value is -0.610. The summed E-state index contributed by atoms with van der Waals surface area (Å²) in [6.45, 7) is 2.27. The van der Waals surface area contributed by atoms with Gasteiger partial charge >= 0.3 is 0 Å². The summed E-state index contributed by atoms with van der Waals surface area (Å²) in [7, 11) is 0. The zero-order valence-corrected chi connectivity index (χ0v) is 11.2. The van der Waals surface area contributed by atoms with Crippen LogP contribution in [0.4, 0.5) is 0 Å². The fourth-order valence-corrected chi connectivity index (χ4v) is 3.24. The first-order chi connectivity index (χ1) is 8.74. The van der Waals surface area contributed by atoms with Gasteiger partial charge in [-0.1, -0.05) is 12.8 Å². The summed E-state index contributed by atoms with van der Waals surface area (Å²) in [5, 5.41) is 15.9. The highest BCUT2D eigenvalue weighted by atomic mass is 16.3. The Morgan fingerprint density at radius 3 is 2.56 bits per heavy atom. The number of aliphatic hydroxyl groups is 1. The molecule has 4 nitrogen and oxygen atoms in total. The Morgan fingerprint density at radius 1 is 1.28 bits per heavy atom. The Kier molecular flexibility index (Phi) is 5.01. The van der Waals surface area contributed by atoms with Crippen LogP contribution in [-0.2, 0) is 4.79 Å². The van der Waals surface area contributed by atoms with E-state index in [4.69, 9.17) is 0 Å². The topological polar surface area (TPSA) is 61.4 Å². The molecule has 0 atom stereocenters. The van der Waals surface area contributed by atoms with Gasteiger partial charge in [0.25, 0.3) is 0 Å². The first kappa shape index (κ1) is 13.8. The molecule has 18 heavy (non-hydrogen) atoms. The highest BCUT2D eigenvalue weighted by Gasteiger charge is 2.34. The largest absolute Gasteiger partial charge is 0.394 e. The van der Waals surface area contributed by atoms with Crippen LogP contribution in [0.5, 0.6) is 0 Å². The maximum atomic E-state index is 12.0. The van der Waals surface area contributed by atoms with Crippen LogP contribution in [0.25, 0.3) is 0 Å². The minimum atomic E-state index is -0.300. The highest BCUT2D eigenvalue weighted by Crippen LogP contribution is 2.29. The third kappa shape index (κ3) is 3.69. The van der Waals surface area contributed by atoms with Crippen molar-refractivity contribution in [3.8, 4) is 0 Å². The lowest BCUT2D eigenvalue weighted by Gasteiger charge is -2.28. The SMILES string of the molecule is O=C(CCC1CCNCC1)NC1(CO)CCCC1. The van der Waals surface area contributed by atoms with Gasteiger partial charge in [0.1, 0.15) is 0 Å². The van der Waals surface area contributed by atoms with Crippen molar-refractivity contribution in [2.75, 3.05) is 19.7 Å². The Morgan fingerprint density at radius 2 is 1.94 bits per heavy atom. The number of amides is 1. The zero-order chi connectivity index (χ0) is 12.8. The molecule has 2 rings (SSSR count).